The van der Waals surface area contributed by atoms with Crippen LogP contribution in [0.15, 0.2) is 23.6 Å². The highest BCUT2D eigenvalue weighted by Gasteiger charge is 2.24. The van der Waals surface area contributed by atoms with Crippen molar-refractivity contribution < 1.29 is 19.0 Å². The topological polar surface area (TPSA) is 72.9 Å². The molecule has 1 aliphatic rings. The summed E-state index contributed by atoms with van der Waals surface area (Å²) in [7, 11) is 3.25. The summed E-state index contributed by atoms with van der Waals surface area (Å²) in [6.07, 6.45) is 0.298. The second-order valence-electron chi connectivity index (χ2n) is 6.62. The Bertz CT molecular complexity index is 790. The van der Waals surface area contributed by atoms with E-state index in [1.807, 2.05) is 30.5 Å². The summed E-state index contributed by atoms with van der Waals surface area (Å²) >= 11 is 1.56. The molecule has 3 rings (SSSR count). The molecule has 1 aromatic heterocycles. The molecule has 2 heterocycles. The smallest absolute Gasteiger partial charge is 0.226 e. The summed E-state index contributed by atoms with van der Waals surface area (Å²) in [5.74, 6) is 1.35. The van der Waals surface area contributed by atoms with Gasteiger partial charge in [0, 0.05) is 25.0 Å². The van der Waals surface area contributed by atoms with E-state index in [9.17, 15) is 4.79 Å². The minimum Gasteiger partial charge on any atom is -0.493 e. The number of hydrogen-bond donors (Lipinski definition) is 1. The van der Waals surface area contributed by atoms with Gasteiger partial charge in [-0.15, -0.1) is 11.3 Å². The quantitative estimate of drug-likeness (QED) is 0.726. The number of nitrogens with one attached hydrogen (secondary N) is 1. The van der Waals surface area contributed by atoms with Gasteiger partial charge in [-0.05, 0) is 24.6 Å². The van der Waals surface area contributed by atoms with Crippen LogP contribution in [0.2, 0.25) is 0 Å². The number of rotatable bonds is 8. The Hall–Kier alpha value is -2.16. The molecule has 1 N–H and O–H groups in total. The molecule has 2 aromatic rings. The molecule has 7 nitrogen and oxygen atoms in total. The molecular weight excluding hydrogens is 378 g/mol. The summed E-state index contributed by atoms with van der Waals surface area (Å²) in [5.41, 5.74) is 1.89. The van der Waals surface area contributed by atoms with Gasteiger partial charge in [0.1, 0.15) is 0 Å². The van der Waals surface area contributed by atoms with Crippen LogP contribution in [-0.2, 0) is 16.0 Å². The maximum atomic E-state index is 12.4. The van der Waals surface area contributed by atoms with Gasteiger partial charge in [0.05, 0.1) is 50.6 Å². The Balaban J connectivity index is 1.72. The molecule has 0 saturated carbocycles. The summed E-state index contributed by atoms with van der Waals surface area (Å²) in [6.45, 7) is 5.47. The van der Waals surface area contributed by atoms with Crippen molar-refractivity contribution in [1.29, 1.82) is 0 Å². The molecule has 1 fully saturated rings. The van der Waals surface area contributed by atoms with E-state index in [0.717, 1.165) is 29.4 Å². The highest BCUT2D eigenvalue weighted by Crippen LogP contribution is 2.32. The lowest BCUT2D eigenvalue weighted by atomic mass is 10.0. The van der Waals surface area contributed by atoms with E-state index in [2.05, 4.69) is 15.2 Å². The van der Waals surface area contributed by atoms with Crippen LogP contribution in [0.4, 0.5) is 0 Å². The summed E-state index contributed by atoms with van der Waals surface area (Å²) < 4.78 is 16.3. The predicted molar refractivity (Wildman–Crippen MR) is 108 cm³/mol. The Kier molecular flexibility index (Phi) is 7.24. The highest BCUT2D eigenvalue weighted by atomic mass is 32.1. The first-order valence-corrected chi connectivity index (χ1v) is 10.2. The molecule has 1 aliphatic heterocycles. The number of carbonyl (C=O) groups excluding carboxylic acids is 1. The average molecular weight is 406 g/mol. The third kappa shape index (κ3) is 5.21. The van der Waals surface area contributed by atoms with Crippen LogP contribution in [0, 0.1) is 6.92 Å². The fourth-order valence-electron chi connectivity index (χ4n) is 3.33. The summed E-state index contributed by atoms with van der Waals surface area (Å²) in [5, 5.41) is 5.98. The monoisotopic (exact) mass is 405 g/mol. The second-order valence-corrected chi connectivity index (χ2v) is 7.68. The molecule has 152 valence electrons. The second kappa shape index (κ2) is 9.86. The van der Waals surface area contributed by atoms with Crippen LogP contribution in [0.1, 0.15) is 22.3 Å². The van der Waals surface area contributed by atoms with Gasteiger partial charge in [-0.1, -0.05) is 6.07 Å². The van der Waals surface area contributed by atoms with Crippen LogP contribution in [-0.4, -0.2) is 62.9 Å². The molecular formula is C20H27N3O4S. The number of aromatic nitrogens is 1. The van der Waals surface area contributed by atoms with E-state index in [0.29, 0.717) is 37.7 Å². The van der Waals surface area contributed by atoms with E-state index < -0.39 is 0 Å². The molecule has 0 aliphatic carbocycles. The van der Waals surface area contributed by atoms with Crippen molar-refractivity contribution in [3.63, 3.8) is 0 Å². The van der Waals surface area contributed by atoms with Gasteiger partial charge in [0.15, 0.2) is 11.5 Å². The maximum Gasteiger partial charge on any atom is 0.226 e. The van der Waals surface area contributed by atoms with Gasteiger partial charge in [0.2, 0.25) is 5.91 Å². The fourth-order valence-corrected chi connectivity index (χ4v) is 3.95. The number of amides is 1. The van der Waals surface area contributed by atoms with E-state index in [1.54, 1.807) is 25.6 Å². The molecule has 1 aromatic carbocycles. The Labute approximate surface area is 169 Å². The van der Waals surface area contributed by atoms with Crippen molar-refractivity contribution >= 4 is 17.2 Å². The van der Waals surface area contributed by atoms with Crippen LogP contribution >= 0.6 is 11.3 Å². The number of carbonyl (C=O) groups is 1. The fraction of sp³-hybridized carbons (Fsp3) is 0.500. The summed E-state index contributed by atoms with van der Waals surface area (Å²) in [6, 6.07) is 5.94. The molecule has 0 bridgehead atoms. The Morgan fingerprint density at radius 1 is 1.29 bits per heavy atom. The molecule has 0 radical (unpaired) electrons. The minimum absolute atomic E-state index is 0.0240. The number of morpholine rings is 1. The van der Waals surface area contributed by atoms with Crippen molar-refractivity contribution in [2.24, 2.45) is 0 Å². The van der Waals surface area contributed by atoms with Crippen LogP contribution in [0.25, 0.3) is 0 Å². The lowest BCUT2D eigenvalue weighted by Gasteiger charge is -2.35. The first kappa shape index (κ1) is 20.6. The molecule has 1 amide bonds. The van der Waals surface area contributed by atoms with Gasteiger partial charge < -0.3 is 19.5 Å². The zero-order valence-corrected chi connectivity index (χ0v) is 17.4. The highest BCUT2D eigenvalue weighted by molar-refractivity contribution is 7.09. The zero-order valence-electron chi connectivity index (χ0n) is 16.6. The normalized spacial score (nSPS) is 15.8. The largest absolute Gasteiger partial charge is 0.493 e. The molecule has 28 heavy (non-hydrogen) atoms. The van der Waals surface area contributed by atoms with E-state index in [4.69, 9.17) is 14.2 Å². The Morgan fingerprint density at radius 2 is 2.04 bits per heavy atom. The minimum atomic E-state index is -0.0240. The van der Waals surface area contributed by atoms with Crippen LogP contribution < -0.4 is 14.8 Å². The van der Waals surface area contributed by atoms with Gasteiger partial charge in [0.25, 0.3) is 0 Å². The molecule has 8 heteroatoms. The van der Waals surface area contributed by atoms with E-state index >= 15 is 0 Å². The zero-order chi connectivity index (χ0) is 19.9. The standard InChI is InChI=1S/C20H27N3O4S/c1-14-22-16(13-28-14)11-20(24)21-12-17(23-6-8-27-9-7-23)15-4-5-18(25-2)19(10-15)26-3/h4-5,10,13,17H,6-9,11-12H2,1-3H3,(H,21,24). The SMILES string of the molecule is COc1ccc(C(CNC(=O)Cc2csc(C)n2)N2CCOCC2)cc1OC. The van der Waals surface area contributed by atoms with Gasteiger partial charge >= 0.3 is 0 Å². The molecule has 1 atom stereocenters. The maximum absolute atomic E-state index is 12.4. The van der Waals surface area contributed by atoms with E-state index in [1.165, 1.54) is 0 Å². The lowest BCUT2D eigenvalue weighted by Crippen LogP contribution is -2.44. The number of aryl methyl sites for hydroxylation is 1. The van der Waals surface area contributed by atoms with Crippen LogP contribution in [0.5, 0.6) is 11.5 Å². The Morgan fingerprint density at radius 3 is 2.68 bits per heavy atom. The van der Waals surface area contributed by atoms with Crippen molar-refractivity contribution in [1.82, 2.24) is 15.2 Å². The van der Waals surface area contributed by atoms with Crippen molar-refractivity contribution in [2.45, 2.75) is 19.4 Å². The summed E-state index contributed by atoms with van der Waals surface area (Å²) in [4.78, 5) is 19.1. The third-order valence-corrected chi connectivity index (χ3v) is 5.60. The van der Waals surface area contributed by atoms with E-state index in [-0.39, 0.29) is 11.9 Å². The van der Waals surface area contributed by atoms with Crippen LogP contribution in [0.3, 0.4) is 0 Å². The van der Waals surface area contributed by atoms with Gasteiger partial charge in [-0.25, -0.2) is 4.98 Å². The number of ether oxygens (including phenoxy) is 3. The lowest BCUT2D eigenvalue weighted by molar-refractivity contribution is -0.120. The first-order valence-electron chi connectivity index (χ1n) is 9.32. The molecule has 1 unspecified atom stereocenters. The van der Waals surface area contributed by atoms with Crippen molar-refractivity contribution in [2.75, 3.05) is 47.1 Å². The molecule has 1 saturated heterocycles. The number of methoxy groups -OCH3 is 2. The van der Waals surface area contributed by atoms with Gasteiger partial charge in [-0.3, -0.25) is 9.69 Å². The molecule has 0 spiro atoms. The number of nitrogens with zero attached hydrogens (tertiary/aromatic N) is 2. The number of hydrogen-bond acceptors (Lipinski definition) is 7. The van der Waals surface area contributed by atoms with Crippen molar-refractivity contribution in [3.8, 4) is 11.5 Å². The number of benzene rings is 1. The van der Waals surface area contributed by atoms with Crippen molar-refractivity contribution in [3.05, 3.63) is 39.8 Å². The third-order valence-electron chi connectivity index (χ3n) is 4.78. The van der Waals surface area contributed by atoms with Gasteiger partial charge in [-0.2, -0.15) is 0 Å². The predicted octanol–water partition coefficient (Wildman–Crippen LogP) is 2.20. The number of thiazole rings is 1. The first-order chi connectivity index (χ1) is 13.6. The average Bonchev–Trinajstić information content (AvgIpc) is 3.13.